The van der Waals surface area contributed by atoms with E-state index >= 15 is 0 Å². The highest BCUT2D eigenvalue weighted by Crippen LogP contribution is 2.31. The van der Waals surface area contributed by atoms with E-state index in [4.69, 9.17) is 0 Å². The van der Waals surface area contributed by atoms with E-state index in [1.54, 1.807) is 6.07 Å². The molecule has 0 radical (unpaired) electrons. The van der Waals surface area contributed by atoms with Gasteiger partial charge in [-0.25, -0.2) is 0 Å². The molecular weight excluding hydrogens is 394 g/mol. The Morgan fingerprint density at radius 3 is 2.58 bits per heavy atom. The molecule has 4 aromatic rings. The number of aromatic nitrogens is 6. The molecule has 0 aliphatic carbocycles. The van der Waals surface area contributed by atoms with Crippen LogP contribution in [-0.2, 0) is 6.54 Å². The fourth-order valence-corrected chi connectivity index (χ4v) is 3.97. The number of H-pyrrole nitrogens is 2. The second kappa shape index (κ2) is 7.82. The smallest absolute Gasteiger partial charge is 0.253 e. The van der Waals surface area contributed by atoms with Crippen molar-refractivity contribution >= 4 is 16.8 Å². The van der Waals surface area contributed by atoms with E-state index in [-0.39, 0.29) is 24.1 Å². The van der Waals surface area contributed by atoms with Crippen molar-refractivity contribution in [3.63, 3.8) is 0 Å². The number of nitrogens with one attached hydrogen (secondary N) is 3. The number of amides is 1. The van der Waals surface area contributed by atoms with Gasteiger partial charge in [-0.1, -0.05) is 0 Å². The van der Waals surface area contributed by atoms with Gasteiger partial charge in [-0.3, -0.25) is 9.59 Å². The fourth-order valence-electron chi connectivity index (χ4n) is 3.97. The molecule has 9 heteroatoms. The van der Waals surface area contributed by atoms with Gasteiger partial charge in [-0.15, -0.1) is 10.2 Å². The van der Waals surface area contributed by atoms with E-state index in [0.717, 1.165) is 27.7 Å². The summed E-state index contributed by atoms with van der Waals surface area (Å²) in [6, 6.07) is 5.84. The molecule has 160 valence electrons. The molecule has 0 aliphatic heterocycles. The Morgan fingerprint density at radius 1 is 1.16 bits per heavy atom. The van der Waals surface area contributed by atoms with E-state index in [0.29, 0.717) is 22.5 Å². The number of fused-ring (bicyclic) bond motifs is 1. The number of pyridine rings is 1. The predicted octanol–water partition coefficient (Wildman–Crippen LogP) is 2.95. The van der Waals surface area contributed by atoms with Crippen LogP contribution in [0.25, 0.3) is 22.3 Å². The summed E-state index contributed by atoms with van der Waals surface area (Å²) in [4.78, 5) is 28.4. The lowest BCUT2D eigenvalue weighted by molar-refractivity contribution is 0.0952. The summed E-state index contributed by atoms with van der Waals surface area (Å²) < 4.78 is 2.12. The molecule has 0 fully saturated rings. The van der Waals surface area contributed by atoms with Crippen LogP contribution < -0.4 is 10.9 Å². The first-order chi connectivity index (χ1) is 14.8. The number of aryl methyl sites for hydroxylation is 3. The zero-order valence-electron chi connectivity index (χ0n) is 18.2. The summed E-state index contributed by atoms with van der Waals surface area (Å²) in [5.41, 5.74) is 5.10. The number of nitrogens with zero attached hydrogens (tertiary/aromatic N) is 4. The third kappa shape index (κ3) is 3.74. The van der Waals surface area contributed by atoms with Crippen LogP contribution in [0, 0.1) is 20.8 Å². The van der Waals surface area contributed by atoms with Gasteiger partial charge in [0.25, 0.3) is 11.5 Å². The van der Waals surface area contributed by atoms with Crippen LogP contribution in [-0.4, -0.2) is 36.1 Å². The first-order valence-electron chi connectivity index (χ1n) is 10.1. The number of carbonyl (C=O) groups excluding carboxylic acids is 1. The zero-order chi connectivity index (χ0) is 22.3. The highest BCUT2D eigenvalue weighted by atomic mass is 16.1. The van der Waals surface area contributed by atoms with Gasteiger partial charge in [0.1, 0.15) is 0 Å². The number of hydrogen-bond acceptors (Lipinski definition) is 5. The third-order valence-electron chi connectivity index (χ3n) is 5.45. The van der Waals surface area contributed by atoms with E-state index in [2.05, 4.69) is 49.3 Å². The summed E-state index contributed by atoms with van der Waals surface area (Å²) in [6.07, 6.45) is 2.04. The molecule has 3 aromatic heterocycles. The molecule has 3 heterocycles. The Bertz CT molecular complexity index is 1330. The molecule has 0 spiro atoms. The number of hydrogen-bond donors (Lipinski definition) is 3. The zero-order valence-corrected chi connectivity index (χ0v) is 18.2. The Labute approximate surface area is 178 Å². The van der Waals surface area contributed by atoms with Crippen LogP contribution in [0.15, 0.2) is 29.2 Å². The van der Waals surface area contributed by atoms with Gasteiger partial charge in [0, 0.05) is 46.6 Å². The molecule has 0 bridgehead atoms. The number of aromatic amines is 2. The Balaban J connectivity index is 1.79. The van der Waals surface area contributed by atoms with Crippen LogP contribution in [0.4, 0.5) is 0 Å². The molecule has 3 N–H and O–H groups in total. The Hall–Kier alpha value is -3.75. The second-order valence-electron chi connectivity index (χ2n) is 8.09. The van der Waals surface area contributed by atoms with Gasteiger partial charge < -0.3 is 14.9 Å². The first-order valence-corrected chi connectivity index (χ1v) is 10.1. The van der Waals surface area contributed by atoms with Crippen molar-refractivity contribution in [2.24, 2.45) is 0 Å². The molecule has 0 saturated heterocycles. The fraction of sp³-hybridized carbons (Fsp3) is 0.318. The first kappa shape index (κ1) is 20.5. The maximum atomic E-state index is 13.3. The molecule has 9 nitrogen and oxygen atoms in total. The minimum atomic E-state index is -0.265. The van der Waals surface area contributed by atoms with E-state index in [1.807, 2.05) is 39.1 Å². The maximum Gasteiger partial charge on any atom is 0.253 e. The SMILES string of the molecule is Cc1cc(C)c(CNC(=O)c2cc(-c3nn[nH]n3)cc3c2c(C)cn3C(C)C)c(=O)[nH]1. The molecule has 1 aromatic carbocycles. The summed E-state index contributed by atoms with van der Waals surface area (Å²) in [7, 11) is 0. The summed E-state index contributed by atoms with van der Waals surface area (Å²) in [6.45, 7) is 10.0. The molecule has 4 rings (SSSR count). The number of rotatable bonds is 5. The van der Waals surface area contributed by atoms with Crippen LogP contribution >= 0.6 is 0 Å². The van der Waals surface area contributed by atoms with Gasteiger partial charge in [-0.2, -0.15) is 5.21 Å². The van der Waals surface area contributed by atoms with Crippen molar-refractivity contribution in [2.45, 2.75) is 47.2 Å². The molecule has 31 heavy (non-hydrogen) atoms. The number of tetrazole rings is 1. The van der Waals surface area contributed by atoms with Crippen molar-refractivity contribution in [3.8, 4) is 11.4 Å². The van der Waals surface area contributed by atoms with Crippen molar-refractivity contribution in [2.75, 3.05) is 0 Å². The van der Waals surface area contributed by atoms with Gasteiger partial charge in [0.05, 0.1) is 5.52 Å². The number of benzene rings is 1. The molecule has 0 saturated carbocycles. The second-order valence-corrected chi connectivity index (χ2v) is 8.09. The van der Waals surface area contributed by atoms with E-state index < -0.39 is 0 Å². The highest BCUT2D eigenvalue weighted by Gasteiger charge is 2.20. The quantitative estimate of drug-likeness (QED) is 0.459. The lowest BCUT2D eigenvalue weighted by Crippen LogP contribution is -2.28. The maximum absolute atomic E-state index is 13.3. The van der Waals surface area contributed by atoms with Crippen LogP contribution in [0.1, 0.15) is 52.6 Å². The minimum Gasteiger partial charge on any atom is -0.348 e. The Morgan fingerprint density at radius 2 is 1.94 bits per heavy atom. The van der Waals surface area contributed by atoms with Crippen molar-refractivity contribution in [1.29, 1.82) is 0 Å². The average Bonchev–Trinajstić information content (AvgIpc) is 3.35. The Kier molecular flexibility index (Phi) is 5.18. The highest BCUT2D eigenvalue weighted by molar-refractivity contribution is 6.09. The molecule has 0 atom stereocenters. The third-order valence-corrected chi connectivity index (χ3v) is 5.45. The lowest BCUT2D eigenvalue weighted by atomic mass is 10.0. The summed E-state index contributed by atoms with van der Waals surface area (Å²) in [5, 5.41) is 18.0. The average molecular weight is 419 g/mol. The van der Waals surface area contributed by atoms with Gasteiger partial charge in [0.15, 0.2) is 0 Å². The molecule has 0 aliphatic rings. The van der Waals surface area contributed by atoms with Gasteiger partial charge >= 0.3 is 0 Å². The van der Waals surface area contributed by atoms with E-state index in [9.17, 15) is 9.59 Å². The lowest BCUT2D eigenvalue weighted by Gasteiger charge is -2.13. The van der Waals surface area contributed by atoms with Crippen LogP contribution in [0.3, 0.4) is 0 Å². The summed E-state index contributed by atoms with van der Waals surface area (Å²) in [5.74, 6) is 0.148. The van der Waals surface area contributed by atoms with Crippen molar-refractivity contribution < 1.29 is 4.79 Å². The van der Waals surface area contributed by atoms with Gasteiger partial charge in [-0.05, 0) is 69.2 Å². The number of carbonyl (C=O) groups is 1. The largest absolute Gasteiger partial charge is 0.348 e. The van der Waals surface area contributed by atoms with Crippen LogP contribution in [0.2, 0.25) is 0 Å². The molecule has 1 amide bonds. The van der Waals surface area contributed by atoms with Crippen LogP contribution in [0.5, 0.6) is 0 Å². The molecular formula is C22H25N7O2. The van der Waals surface area contributed by atoms with Crippen molar-refractivity contribution in [3.05, 3.63) is 62.7 Å². The van der Waals surface area contributed by atoms with Gasteiger partial charge in [0.2, 0.25) is 5.82 Å². The summed E-state index contributed by atoms with van der Waals surface area (Å²) >= 11 is 0. The normalized spacial score (nSPS) is 11.4. The molecule has 0 unspecified atom stereocenters. The van der Waals surface area contributed by atoms with E-state index in [1.165, 1.54) is 0 Å². The monoisotopic (exact) mass is 419 g/mol. The minimum absolute atomic E-state index is 0.137. The van der Waals surface area contributed by atoms with Crippen molar-refractivity contribution in [1.82, 2.24) is 35.5 Å². The standard InChI is InChI=1S/C22H25N7O2/c1-11(2)29-10-13(4)19-16(7-15(8-18(19)29)20-25-27-28-26-20)21(30)23-9-17-12(3)6-14(5)24-22(17)31/h6-8,10-11H,9H2,1-5H3,(H,23,30)(H,24,31)(H,25,26,27,28). The predicted molar refractivity (Wildman–Crippen MR) is 118 cm³/mol. The topological polar surface area (TPSA) is 121 Å².